The van der Waals surface area contributed by atoms with Gasteiger partial charge >= 0.3 is 0 Å². The number of anilines is 1. The second-order valence-corrected chi connectivity index (χ2v) is 8.27. The lowest BCUT2D eigenvalue weighted by molar-refractivity contribution is -0.117. The number of benzene rings is 1. The number of aryl methyl sites for hydroxylation is 1. The summed E-state index contributed by atoms with van der Waals surface area (Å²) in [4.78, 5) is 16.4. The molecular weight excluding hydrogens is 442 g/mol. The number of carbonyl (C=O) groups is 1. The van der Waals surface area contributed by atoms with Gasteiger partial charge in [-0.2, -0.15) is 10.2 Å². The molecule has 4 aromatic rings. The molecule has 2 aliphatic rings. The summed E-state index contributed by atoms with van der Waals surface area (Å²) in [5, 5.41) is 20.0. The number of nitrogens with zero attached hydrogens (tertiary/aromatic N) is 7. The molecule has 34 heavy (non-hydrogen) atoms. The molecule has 1 fully saturated rings. The lowest BCUT2D eigenvalue weighted by Crippen LogP contribution is -2.20. The van der Waals surface area contributed by atoms with Gasteiger partial charge in [0, 0.05) is 42.3 Å². The molecular formula is C23H18F2N8O. The predicted molar refractivity (Wildman–Crippen MR) is 119 cm³/mol. The van der Waals surface area contributed by atoms with E-state index in [2.05, 4.69) is 30.7 Å². The zero-order valence-corrected chi connectivity index (χ0v) is 17.8. The van der Waals surface area contributed by atoms with Gasteiger partial charge in [-0.05, 0) is 48.7 Å². The van der Waals surface area contributed by atoms with Crippen molar-refractivity contribution >= 4 is 17.6 Å². The van der Waals surface area contributed by atoms with Crippen molar-refractivity contribution in [3.8, 4) is 22.4 Å². The first-order valence-electron chi connectivity index (χ1n) is 10.8. The molecule has 0 radical (unpaired) electrons. The average Bonchev–Trinajstić information content (AvgIpc) is 3.43. The Kier molecular flexibility index (Phi) is 4.75. The van der Waals surface area contributed by atoms with Crippen molar-refractivity contribution in [2.75, 3.05) is 5.32 Å². The summed E-state index contributed by atoms with van der Waals surface area (Å²) < 4.78 is 30.9. The summed E-state index contributed by atoms with van der Waals surface area (Å²) in [6.07, 6.45) is 7.88. The van der Waals surface area contributed by atoms with Crippen molar-refractivity contribution in [2.45, 2.75) is 25.7 Å². The molecule has 0 bridgehead atoms. The topological polar surface area (TPSA) is 103 Å². The summed E-state index contributed by atoms with van der Waals surface area (Å²) in [5.41, 5.74) is 2.23. The van der Waals surface area contributed by atoms with E-state index in [0.717, 1.165) is 30.8 Å². The first-order valence-corrected chi connectivity index (χ1v) is 10.8. The maximum atomic E-state index is 14.1. The number of carbonyl (C=O) groups excluding carboxylic acids is 1. The van der Waals surface area contributed by atoms with E-state index in [0.29, 0.717) is 46.9 Å². The van der Waals surface area contributed by atoms with E-state index >= 15 is 0 Å². The Morgan fingerprint density at radius 3 is 2.76 bits per heavy atom. The Morgan fingerprint density at radius 2 is 1.94 bits per heavy atom. The van der Waals surface area contributed by atoms with Gasteiger partial charge < -0.3 is 5.32 Å². The third kappa shape index (κ3) is 3.74. The Balaban J connectivity index is 1.44. The second kappa shape index (κ2) is 7.94. The van der Waals surface area contributed by atoms with E-state index < -0.39 is 11.6 Å². The number of halogens is 2. The number of hydrogen-bond acceptors (Lipinski definition) is 6. The van der Waals surface area contributed by atoms with Crippen LogP contribution in [0.4, 0.5) is 14.6 Å². The summed E-state index contributed by atoms with van der Waals surface area (Å²) >= 11 is 0. The van der Waals surface area contributed by atoms with Gasteiger partial charge in [0.15, 0.2) is 23.3 Å². The second-order valence-electron chi connectivity index (χ2n) is 8.27. The summed E-state index contributed by atoms with van der Waals surface area (Å²) in [6, 6.07) is 7.18. The van der Waals surface area contributed by atoms with Crippen molar-refractivity contribution in [3.63, 3.8) is 0 Å². The van der Waals surface area contributed by atoms with Crippen LogP contribution in [0.5, 0.6) is 0 Å². The zero-order valence-electron chi connectivity index (χ0n) is 17.8. The third-order valence-electron chi connectivity index (χ3n) is 5.84. The van der Waals surface area contributed by atoms with Crippen LogP contribution in [0.2, 0.25) is 0 Å². The molecule has 0 unspecified atom stereocenters. The van der Waals surface area contributed by atoms with Gasteiger partial charge in [-0.15, -0.1) is 10.2 Å². The summed E-state index contributed by atoms with van der Waals surface area (Å²) in [6.45, 7) is 0. The Hall–Kier alpha value is -4.28. The maximum absolute atomic E-state index is 14.1. The van der Waals surface area contributed by atoms with Gasteiger partial charge in [0.1, 0.15) is 17.8 Å². The molecule has 1 N–H and O–H groups in total. The Bertz CT molecular complexity index is 1450. The highest BCUT2D eigenvalue weighted by Gasteiger charge is 2.30. The minimum Gasteiger partial charge on any atom is -0.310 e. The molecule has 6 rings (SSSR count). The molecule has 0 saturated heterocycles. The van der Waals surface area contributed by atoms with E-state index in [-0.39, 0.29) is 11.8 Å². The number of hydrogen-bond donors (Lipinski definition) is 1. The molecule has 1 aliphatic carbocycles. The quantitative estimate of drug-likeness (QED) is 0.502. The zero-order chi connectivity index (χ0) is 23.2. The van der Waals surface area contributed by atoms with E-state index in [9.17, 15) is 13.6 Å². The fourth-order valence-corrected chi connectivity index (χ4v) is 3.87. The van der Waals surface area contributed by atoms with Crippen molar-refractivity contribution in [2.24, 2.45) is 11.0 Å². The predicted octanol–water partition coefficient (Wildman–Crippen LogP) is 3.49. The van der Waals surface area contributed by atoms with E-state index in [1.54, 1.807) is 33.9 Å². The number of amides is 1. The first kappa shape index (κ1) is 20.3. The van der Waals surface area contributed by atoms with Crippen LogP contribution in [-0.2, 0) is 11.2 Å². The maximum Gasteiger partial charge on any atom is 0.228 e. The van der Waals surface area contributed by atoms with Crippen LogP contribution in [0.1, 0.15) is 25.1 Å². The van der Waals surface area contributed by atoms with Gasteiger partial charge in [0.25, 0.3) is 0 Å². The van der Waals surface area contributed by atoms with Crippen molar-refractivity contribution in [1.29, 1.82) is 0 Å². The van der Waals surface area contributed by atoms with E-state index in [1.165, 1.54) is 12.4 Å². The van der Waals surface area contributed by atoms with Crippen LogP contribution in [0.15, 0.2) is 54.2 Å². The number of rotatable bonds is 4. The molecule has 170 valence electrons. The van der Waals surface area contributed by atoms with Crippen LogP contribution < -0.4 is 5.32 Å². The molecule has 9 nitrogen and oxygen atoms in total. The number of fused-ring (bicyclic) bond motifs is 1. The number of nitrogens with one attached hydrogen (secondary N) is 1. The fraction of sp³-hybridized carbons (Fsp3) is 0.217. The highest BCUT2D eigenvalue weighted by Crippen LogP contribution is 2.34. The standard InChI is InChI=1S/C23H18F2N8O/c24-17-4-3-15(9-18(17)25)22-16(14-7-8-26-19(10-14)28-23(34)13-1-2-13)11-32(31-22)21-6-5-20-29-27-12-33(20)30-21/h3-4,7-13H,1-2,5-6H2,(H,26,28,34). The Morgan fingerprint density at radius 1 is 1.06 bits per heavy atom. The number of aromatic nitrogens is 6. The van der Waals surface area contributed by atoms with Crippen LogP contribution in [0, 0.1) is 17.6 Å². The number of pyridine rings is 1. The summed E-state index contributed by atoms with van der Waals surface area (Å²) in [5.74, 6) is -0.0894. The van der Waals surface area contributed by atoms with Crippen molar-refractivity contribution in [3.05, 3.63) is 66.5 Å². The fourth-order valence-electron chi connectivity index (χ4n) is 3.87. The lowest BCUT2D eigenvalue weighted by atomic mass is 10.0. The molecule has 3 aromatic heterocycles. The van der Waals surface area contributed by atoms with E-state index in [4.69, 9.17) is 0 Å². The van der Waals surface area contributed by atoms with Gasteiger partial charge in [-0.3, -0.25) is 4.79 Å². The third-order valence-corrected chi connectivity index (χ3v) is 5.84. The smallest absolute Gasteiger partial charge is 0.228 e. The van der Waals surface area contributed by atoms with Gasteiger partial charge in [0.05, 0.1) is 0 Å². The molecule has 1 saturated carbocycles. The van der Waals surface area contributed by atoms with Crippen LogP contribution in [0.3, 0.4) is 0 Å². The van der Waals surface area contributed by atoms with Crippen LogP contribution in [0.25, 0.3) is 22.4 Å². The van der Waals surface area contributed by atoms with Crippen molar-refractivity contribution < 1.29 is 13.6 Å². The van der Waals surface area contributed by atoms with E-state index in [1.807, 2.05) is 0 Å². The monoisotopic (exact) mass is 460 g/mol. The lowest BCUT2D eigenvalue weighted by Gasteiger charge is -2.12. The van der Waals surface area contributed by atoms with Crippen molar-refractivity contribution in [1.82, 2.24) is 29.6 Å². The molecule has 0 atom stereocenters. The SMILES string of the molecule is O=C(Nc1cc(-c2cn(C3=Nn4cnnc4CC3)nc2-c2ccc(F)c(F)c2)ccn1)C1CC1. The van der Waals surface area contributed by atoms with Gasteiger partial charge in [0.2, 0.25) is 5.91 Å². The normalized spacial score (nSPS) is 15.1. The molecule has 11 heteroatoms. The molecule has 1 aromatic carbocycles. The minimum absolute atomic E-state index is 0.0397. The highest BCUT2D eigenvalue weighted by atomic mass is 19.2. The largest absolute Gasteiger partial charge is 0.310 e. The molecule has 4 heterocycles. The average molecular weight is 460 g/mol. The van der Waals surface area contributed by atoms with Gasteiger partial charge in [-0.1, -0.05) is 0 Å². The minimum atomic E-state index is -0.964. The Labute approximate surface area is 192 Å². The first-order chi connectivity index (χ1) is 16.5. The van der Waals surface area contributed by atoms with Crippen LogP contribution >= 0.6 is 0 Å². The van der Waals surface area contributed by atoms with Crippen LogP contribution in [-0.4, -0.2) is 41.4 Å². The highest BCUT2D eigenvalue weighted by molar-refractivity contribution is 5.94. The molecule has 1 amide bonds. The molecule has 0 spiro atoms. The van der Waals surface area contributed by atoms with Gasteiger partial charge in [-0.25, -0.2) is 23.1 Å². The molecule has 1 aliphatic heterocycles. The summed E-state index contributed by atoms with van der Waals surface area (Å²) in [7, 11) is 0.